The molecule has 1 fully saturated rings. The van der Waals surface area contributed by atoms with E-state index in [1.807, 2.05) is 13.8 Å². The van der Waals surface area contributed by atoms with Crippen LogP contribution in [0.25, 0.3) is 0 Å². The molecule has 2 atom stereocenters. The van der Waals surface area contributed by atoms with Gasteiger partial charge in [-0.15, -0.1) is 0 Å². The van der Waals surface area contributed by atoms with E-state index in [2.05, 4.69) is 11.8 Å². The summed E-state index contributed by atoms with van der Waals surface area (Å²) < 4.78 is 0. The molecular weight excluding hydrogens is 168 g/mol. The standard InChI is InChI=1S/C10H18O3/c1-7(2)10(13-12)5-4-8(3)6-9(10)11/h7-8,12H,4-6H2,1-3H3/t8-,10-/m1/s1. The second-order valence-electron chi connectivity index (χ2n) is 4.41. The molecule has 76 valence electrons. The zero-order valence-electron chi connectivity index (χ0n) is 8.54. The molecule has 3 heteroatoms. The zero-order valence-corrected chi connectivity index (χ0v) is 8.54. The lowest BCUT2D eigenvalue weighted by Crippen LogP contribution is -2.49. The van der Waals surface area contributed by atoms with Crippen molar-refractivity contribution in [2.45, 2.75) is 45.6 Å². The Labute approximate surface area is 79.0 Å². The van der Waals surface area contributed by atoms with Crippen molar-refractivity contribution in [1.82, 2.24) is 0 Å². The fourth-order valence-corrected chi connectivity index (χ4v) is 2.00. The van der Waals surface area contributed by atoms with E-state index in [1.165, 1.54) is 0 Å². The van der Waals surface area contributed by atoms with Crippen LogP contribution in [0.3, 0.4) is 0 Å². The first kappa shape index (κ1) is 10.7. The quantitative estimate of drug-likeness (QED) is 0.531. The van der Waals surface area contributed by atoms with Gasteiger partial charge in [0.1, 0.15) is 0 Å². The molecule has 0 bridgehead atoms. The van der Waals surface area contributed by atoms with Crippen LogP contribution in [0.4, 0.5) is 0 Å². The maximum Gasteiger partial charge on any atom is 0.168 e. The molecule has 0 heterocycles. The Balaban J connectivity index is 2.81. The number of Topliss-reactive ketones (excluding diaryl/α,β-unsaturated/α-hetero) is 1. The molecule has 3 nitrogen and oxygen atoms in total. The highest BCUT2D eigenvalue weighted by atomic mass is 17.1. The highest BCUT2D eigenvalue weighted by Gasteiger charge is 2.46. The van der Waals surface area contributed by atoms with E-state index in [1.54, 1.807) is 0 Å². The summed E-state index contributed by atoms with van der Waals surface area (Å²) in [4.78, 5) is 16.2. The van der Waals surface area contributed by atoms with Crippen LogP contribution < -0.4 is 0 Å². The Kier molecular flexibility index (Phi) is 3.09. The van der Waals surface area contributed by atoms with Crippen LogP contribution in [-0.2, 0) is 9.68 Å². The number of ketones is 1. The number of hydrogen-bond acceptors (Lipinski definition) is 3. The molecule has 0 radical (unpaired) electrons. The SMILES string of the molecule is CC(C)[C@]1(OO)CC[C@@H](C)CC1=O. The molecule has 0 aromatic carbocycles. The Morgan fingerprint density at radius 1 is 1.62 bits per heavy atom. The molecule has 1 N–H and O–H groups in total. The second-order valence-corrected chi connectivity index (χ2v) is 4.41. The average Bonchev–Trinajstić information content (AvgIpc) is 2.04. The van der Waals surface area contributed by atoms with Crippen molar-refractivity contribution in [1.29, 1.82) is 0 Å². The minimum atomic E-state index is -0.924. The summed E-state index contributed by atoms with van der Waals surface area (Å²) in [7, 11) is 0. The molecule has 0 saturated heterocycles. The highest BCUT2D eigenvalue weighted by molar-refractivity contribution is 5.88. The molecule has 1 saturated carbocycles. The maximum atomic E-state index is 11.7. The largest absolute Gasteiger partial charge is 0.296 e. The molecule has 0 aliphatic heterocycles. The van der Waals surface area contributed by atoms with Crippen LogP contribution in [0.15, 0.2) is 0 Å². The number of rotatable bonds is 2. The Morgan fingerprint density at radius 2 is 2.23 bits per heavy atom. The minimum absolute atomic E-state index is 0.0394. The van der Waals surface area contributed by atoms with Gasteiger partial charge >= 0.3 is 0 Å². The van der Waals surface area contributed by atoms with Crippen molar-refractivity contribution in [3.8, 4) is 0 Å². The summed E-state index contributed by atoms with van der Waals surface area (Å²) in [5, 5.41) is 8.85. The van der Waals surface area contributed by atoms with Gasteiger partial charge in [0, 0.05) is 6.42 Å². The van der Waals surface area contributed by atoms with Gasteiger partial charge in [0.15, 0.2) is 11.4 Å². The predicted octanol–water partition coefficient (Wildman–Crippen LogP) is 2.26. The van der Waals surface area contributed by atoms with Gasteiger partial charge < -0.3 is 0 Å². The molecule has 1 aliphatic carbocycles. The molecule has 0 aromatic rings. The van der Waals surface area contributed by atoms with Crippen LogP contribution in [0.1, 0.15) is 40.0 Å². The lowest BCUT2D eigenvalue weighted by Gasteiger charge is -2.37. The van der Waals surface area contributed by atoms with Gasteiger partial charge in [-0.3, -0.25) is 10.1 Å². The Hall–Kier alpha value is -0.410. The van der Waals surface area contributed by atoms with Crippen LogP contribution >= 0.6 is 0 Å². The summed E-state index contributed by atoms with van der Waals surface area (Å²) in [5.41, 5.74) is -0.924. The maximum absolute atomic E-state index is 11.7. The van der Waals surface area contributed by atoms with E-state index < -0.39 is 5.60 Å². The van der Waals surface area contributed by atoms with Crippen molar-refractivity contribution in [2.24, 2.45) is 11.8 Å². The van der Waals surface area contributed by atoms with Crippen molar-refractivity contribution >= 4 is 5.78 Å². The van der Waals surface area contributed by atoms with Crippen molar-refractivity contribution in [3.05, 3.63) is 0 Å². The summed E-state index contributed by atoms with van der Waals surface area (Å²) in [6.07, 6.45) is 2.12. The minimum Gasteiger partial charge on any atom is -0.296 e. The smallest absolute Gasteiger partial charge is 0.168 e. The fourth-order valence-electron chi connectivity index (χ4n) is 2.00. The summed E-state index contributed by atoms with van der Waals surface area (Å²) >= 11 is 0. The van der Waals surface area contributed by atoms with Crippen molar-refractivity contribution in [3.63, 3.8) is 0 Å². The summed E-state index contributed by atoms with van der Waals surface area (Å²) in [6, 6.07) is 0. The van der Waals surface area contributed by atoms with Gasteiger partial charge in [0.25, 0.3) is 0 Å². The number of hydrogen-bond donors (Lipinski definition) is 1. The van der Waals surface area contributed by atoms with Gasteiger partial charge in [-0.1, -0.05) is 20.8 Å². The third-order valence-electron chi connectivity index (χ3n) is 3.11. The molecule has 1 aliphatic rings. The number of carbonyl (C=O) groups excluding carboxylic acids is 1. The lowest BCUT2D eigenvalue weighted by molar-refractivity contribution is -0.326. The van der Waals surface area contributed by atoms with E-state index in [-0.39, 0.29) is 11.7 Å². The van der Waals surface area contributed by atoms with Crippen molar-refractivity contribution < 1.29 is 14.9 Å². The van der Waals surface area contributed by atoms with E-state index in [4.69, 9.17) is 5.26 Å². The molecule has 0 amide bonds. The molecule has 13 heavy (non-hydrogen) atoms. The Morgan fingerprint density at radius 3 is 2.62 bits per heavy atom. The van der Waals surface area contributed by atoms with Gasteiger partial charge in [-0.05, 0) is 24.7 Å². The van der Waals surface area contributed by atoms with Gasteiger partial charge in [0.2, 0.25) is 0 Å². The van der Waals surface area contributed by atoms with Crippen LogP contribution in [-0.4, -0.2) is 16.6 Å². The normalized spacial score (nSPS) is 35.5. The lowest BCUT2D eigenvalue weighted by atomic mass is 9.73. The first-order chi connectivity index (χ1) is 6.03. The zero-order chi connectivity index (χ0) is 10.1. The summed E-state index contributed by atoms with van der Waals surface area (Å²) in [6.45, 7) is 5.87. The Bertz CT molecular complexity index is 200. The third-order valence-corrected chi connectivity index (χ3v) is 3.11. The van der Waals surface area contributed by atoms with Crippen molar-refractivity contribution in [2.75, 3.05) is 0 Å². The molecule has 0 aromatic heterocycles. The summed E-state index contributed by atoms with van der Waals surface area (Å²) in [5.74, 6) is 0.510. The molecule has 1 rings (SSSR count). The molecule has 0 spiro atoms. The van der Waals surface area contributed by atoms with Crippen LogP contribution in [0.5, 0.6) is 0 Å². The fraction of sp³-hybridized carbons (Fsp3) is 0.900. The van der Waals surface area contributed by atoms with Crippen LogP contribution in [0, 0.1) is 11.8 Å². The first-order valence-corrected chi connectivity index (χ1v) is 4.89. The van der Waals surface area contributed by atoms with Gasteiger partial charge in [-0.25, -0.2) is 4.89 Å². The van der Waals surface area contributed by atoms with E-state index in [9.17, 15) is 4.79 Å². The third kappa shape index (κ3) is 1.76. The highest BCUT2D eigenvalue weighted by Crippen LogP contribution is 2.36. The van der Waals surface area contributed by atoms with Gasteiger partial charge in [-0.2, -0.15) is 0 Å². The number of carbonyl (C=O) groups is 1. The molecule has 0 unspecified atom stereocenters. The van der Waals surface area contributed by atoms with E-state index in [0.29, 0.717) is 18.8 Å². The topological polar surface area (TPSA) is 46.5 Å². The van der Waals surface area contributed by atoms with E-state index >= 15 is 0 Å². The average molecular weight is 186 g/mol. The van der Waals surface area contributed by atoms with E-state index in [0.717, 1.165) is 6.42 Å². The monoisotopic (exact) mass is 186 g/mol. The second kappa shape index (κ2) is 3.76. The van der Waals surface area contributed by atoms with Gasteiger partial charge in [0.05, 0.1) is 0 Å². The van der Waals surface area contributed by atoms with Crippen LogP contribution in [0.2, 0.25) is 0 Å². The molecular formula is C10H18O3. The first-order valence-electron chi connectivity index (χ1n) is 4.89. The predicted molar refractivity (Wildman–Crippen MR) is 49.3 cm³/mol.